The molecule has 2 heterocycles. The topological polar surface area (TPSA) is 84.7 Å². The molecule has 2 aromatic carbocycles. The minimum absolute atomic E-state index is 0.0394. The average molecular weight is 409 g/mol. The Kier molecular flexibility index (Phi) is 5.88. The van der Waals surface area contributed by atoms with Crippen molar-refractivity contribution in [3.63, 3.8) is 0 Å². The number of hydrogen-bond donors (Lipinski definition) is 1. The van der Waals surface area contributed by atoms with Gasteiger partial charge in [0.25, 0.3) is 5.69 Å². The molecule has 158 valence electrons. The molecule has 2 aromatic rings. The first-order chi connectivity index (χ1) is 14.6. The fourth-order valence-corrected chi connectivity index (χ4v) is 4.70. The molecule has 1 amide bonds. The molecule has 0 radical (unpaired) electrons. The summed E-state index contributed by atoms with van der Waals surface area (Å²) in [6, 6.07) is 13.1. The number of nitrogens with one attached hydrogen (secondary N) is 1. The van der Waals surface area contributed by atoms with Crippen molar-refractivity contribution in [2.75, 3.05) is 25.1 Å². The highest BCUT2D eigenvalue weighted by Crippen LogP contribution is 2.39. The maximum Gasteiger partial charge on any atom is 0.269 e. The van der Waals surface area contributed by atoms with Gasteiger partial charge in [-0.25, -0.2) is 0 Å². The normalized spacial score (nSPS) is 20.1. The van der Waals surface area contributed by atoms with Gasteiger partial charge in [-0.1, -0.05) is 12.1 Å². The second kappa shape index (κ2) is 8.73. The minimum atomic E-state index is -0.369. The van der Waals surface area contributed by atoms with Crippen LogP contribution in [0.2, 0.25) is 0 Å². The number of fused-ring (bicyclic) bond motifs is 3. The fourth-order valence-electron chi connectivity index (χ4n) is 4.70. The van der Waals surface area contributed by atoms with Gasteiger partial charge in [0.05, 0.1) is 18.0 Å². The van der Waals surface area contributed by atoms with E-state index in [2.05, 4.69) is 10.2 Å². The molecule has 1 fully saturated rings. The molecular formula is C23H27N3O4. The summed E-state index contributed by atoms with van der Waals surface area (Å²) in [4.78, 5) is 26.2. The first-order valence-corrected chi connectivity index (χ1v) is 10.5. The highest BCUT2D eigenvalue weighted by molar-refractivity contribution is 5.82. The average Bonchev–Trinajstić information content (AvgIpc) is 2.78. The molecule has 0 spiro atoms. The second-order valence-corrected chi connectivity index (χ2v) is 8.03. The smallest absolute Gasteiger partial charge is 0.269 e. The summed E-state index contributed by atoms with van der Waals surface area (Å²) in [5.74, 6) is 0.670. The van der Waals surface area contributed by atoms with Gasteiger partial charge in [0.1, 0.15) is 5.75 Å². The largest absolute Gasteiger partial charge is 0.497 e. The molecule has 30 heavy (non-hydrogen) atoms. The number of rotatable bonds is 6. The van der Waals surface area contributed by atoms with Crippen molar-refractivity contribution in [3.8, 4) is 5.75 Å². The van der Waals surface area contributed by atoms with E-state index in [4.69, 9.17) is 4.74 Å². The summed E-state index contributed by atoms with van der Waals surface area (Å²) in [6.45, 7) is 1.46. The molecular weight excluding hydrogens is 382 g/mol. The SMILES string of the molecule is COc1ccc(CCNC(=O)[C@H]2Cc3cc([N+](=O)[O-])ccc3N3CCCC[C@H]23)cc1. The van der Waals surface area contributed by atoms with Crippen molar-refractivity contribution < 1.29 is 14.5 Å². The zero-order valence-electron chi connectivity index (χ0n) is 17.2. The van der Waals surface area contributed by atoms with E-state index in [0.717, 1.165) is 54.8 Å². The first kappa shape index (κ1) is 20.2. The summed E-state index contributed by atoms with van der Waals surface area (Å²) in [5.41, 5.74) is 3.17. The number of ether oxygens (including phenoxy) is 1. The lowest BCUT2D eigenvalue weighted by Crippen LogP contribution is -2.53. The number of piperidine rings is 1. The van der Waals surface area contributed by atoms with E-state index in [-0.39, 0.29) is 28.5 Å². The van der Waals surface area contributed by atoms with Crippen molar-refractivity contribution in [3.05, 3.63) is 63.7 Å². The number of benzene rings is 2. The molecule has 1 saturated heterocycles. The van der Waals surface area contributed by atoms with Crippen molar-refractivity contribution in [2.45, 2.75) is 38.1 Å². The number of amides is 1. The number of hydrogen-bond acceptors (Lipinski definition) is 5. The Bertz CT molecular complexity index is 929. The quantitative estimate of drug-likeness (QED) is 0.583. The van der Waals surface area contributed by atoms with Crippen LogP contribution in [-0.4, -0.2) is 37.1 Å². The van der Waals surface area contributed by atoms with Gasteiger partial charge < -0.3 is 15.0 Å². The number of anilines is 1. The van der Waals surface area contributed by atoms with Crippen molar-refractivity contribution in [2.24, 2.45) is 5.92 Å². The van der Waals surface area contributed by atoms with Crippen LogP contribution in [0.1, 0.15) is 30.4 Å². The summed E-state index contributed by atoms with van der Waals surface area (Å²) < 4.78 is 5.18. The van der Waals surface area contributed by atoms with Crippen LogP contribution in [0.15, 0.2) is 42.5 Å². The predicted molar refractivity (Wildman–Crippen MR) is 115 cm³/mol. The molecule has 2 aliphatic rings. The summed E-state index contributed by atoms with van der Waals surface area (Å²) in [5, 5.41) is 14.3. The predicted octanol–water partition coefficient (Wildman–Crippen LogP) is 3.49. The van der Waals surface area contributed by atoms with Crippen molar-refractivity contribution >= 4 is 17.3 Å². The molecule has 0 aliphatic carbocycles. The Balaban J connectivity index is 1.46. The standard InChI is InChI=1S/C23H27N3O4/c1-30-19-8-5-16(6-9-19)11-12-24-23(27)20-15-17-14-18(26(28)29)7-10-21(17)25-13-3-2-4-22(20)25/h5-10,14,20,22H,2-4,11-13,15H2,1H3,(H,24,27)/t20-,22+/m0/s1. The molecule has 2 aliphatic heterocycles. The van der Waals surface area contributed by atoms with Crippen LogP contribution in [0.5, 0.6) is 5.75 Å². The fraction of sp³-hybridized carbons (Fsp3) is 0.435. The number of non-ortho nitro benzene ring substituents is 1. The van der Waals surface area contributed by atoms with Crippen LogP contribution in [0, 0.1) is 16.0 Å². The Hall–Kier alpha value is -3.09. The third-order valence-corrected chi connectivity index (χ3v) is 6.25. The van der Waals surface area contributed by atoms with Crippen LogP contribution < -0.4 is 15.0 Å². The molecule has 4 rings (SSSR count). The van der Waals surface area contributed by atoms with E-state index in [0.29, 0.717) is 13.0 Å². The number of methoxy groups -OCH3 is 1. The van der Waals surface area contributed by atoms with Crippen LogP contribution in [0.3, 0.4) is 0 Å². The Morgan fingerprint density at radius 3 is 2.77 bits per heavy atom. The zero-order chi connectivity index (χ0) is 21.1. The molecule has 0 aromatic heterocycles. The Morgan fingerprint density at radius 2 is 2.03 bits per heavy atom. The van der Waals surface area contributed by atoms with Gasteiger partial charge in [-0.05, 0) is 61.4 Å². The van der Waals surface area contributed by atoms with E-state index in [1.165, 1.54) is 0 Å². The number of nitro benzene ring substituents is 1. The first-order valence-electron chi connectivity index (χ1n) is 10.5. The molecule has 7 nitrogen and oxygen atoms in total. The second-order valence-electron chi connectivity index (χ2n) is 8.03. The maximum atomic E-state index is 13.1. The third-order valence-electron chi connectivity index (χ3n) is 6.25. The van der Waals surface area contributed by atoms with Crippen LogP contribution in [0.25, 0.3) is 0 Å². The molecule has 0 unspecified atom stereocenters. The molecule has 7 heteroatoms. The summed E-state index contributed by atoms with van der Waals surface area (Å²) >= 11 is 0. The van der Waals surface area contributed by atoms with E-state index >= 15 is 0 Å². The lowest BCUT2D eigenvalue weighted by Gasteiger charge is -2.45. The lowest BCUT2D eigenvalue weighted by atomic mass is 9.80. The molecule has 0 bridgehead atoms. The van der Waals surface area contributed by atoms with E-state index in [1.54, 1.807) is 19.2 Å². The highest BCUT2D eigenvalue weighted by atomic mass is 16.6. The van der Waals surface area contributed by atoms with Gasteiger partial charge in [0.15, 0.2) is 0 Å². The van der Waals surface area contributed by atoms with Gasteiger partial charge in [-0.3, -0.25) is 14.9 Å². The minimum Gasteiger partial charge on any atom is -0.497 e. The van der Waals surface area contributed by atoms with Gasteiger partial charge in [0.2, 0.25) is 5.91 Å². The molecule has 1 N–H and O–H groups in total. The van der Waals surface area contributed by atoms with Crippen molar-refractivity contribution in [1.82, 2.24) is 5.32 Å². The number of carbonyl (C=O) groups excluding carboxylic acids is 1. The number of nitrogens with zero attached hydrogens (tertiary/aromatic N) is 2. The van der Waals surface area contributed by atoms with Crippen molar-refractivity contribution in [1.29, 1.82) is 0 Å². The zero-order valence-corrected chi connectivity index (χ0v) is 17.2. The Labute approximate surface area is 176 Å². The van der Waals surface area contributed by atoms with E-state index < -0.39 is 0 Å². The molecule has 0 saturated carbocycles. The monoisotopic (exact) mass is 409 g/mol. The van der Waals surface area contributed by atoms with E-state index in [1.807, 2.05) is 30.3 Å². The maximum absolute atomic E-state index is 13.1. The van der Waals surface area contributed by atoms with Crippen LogP contribution in [-0.2, 0) is 17.6 Å². The number of nitro groups is 1. The van der Waals surface area contributed by atoms with Crippen LogP contribution >= 0.6 is 0 Å². The summed E-state index contributed by atoms with van der Waals surface area (Å²) in [6.07, 6.45) is 4.47. The van der Waals surface area contributed by atoms with E-state index in [9.17, 15) is 14.9 Å². The lowest BCUT2D eigenvalue weighted by molar-refractivity contribution is -0.384. The van der Waals surface area contributed by atoms with Crippen LogP contribution in [0.4, 0.5) is 11.4 Å². The Morgan fingerprint density at radius 1 is 1.23 bits per heavy atom. The van der Waals surface area contributed by atoms with Gasteiger partial charge in [-0.15, -0.1) is 0 Å². The number of carbonyl (C=O) groups is 1. The highest BCUT2D eigenvalue weighted by Gasteiger charge is 2.39. The summed E-state index contributed by atoms with van der Waals surface area (Å²) in [7, 11) is 1.64. The van der Waals surface area contributed by atoms with Gasteiger partial charge >= 0.3 is 0 Å². The van der Waals surface area contributed by atoms with Gasteiger partial charge in [0, 0.05) is 37.0 Å². The molecule has 2 atom stereocenters. The van der Waals surface area contributed by atoms with Gasteiger partial charge in [-0.2, -0.15) is 0 Å². The third kappa shape index (κ3) is 4.10.